The van der Waals surface area contributed by atoms with E-state index in [1.165, 1.54) is 5.57 Å². The lowest BCUT2D eigenvalue weighted by Crippen LogP contribution is -2.53. The third-order valence-electron chi connectivity index (χ3n) is 12.0. The zero-order chi connectivity index (χ0) is 39.2. The van der Waals surface area contributed by atoms with Crippen LogP contribution in [0.5, 0.6) is 11.5 Å². The van der Waals surface area contributed by atoms with E-state index in [1.807, 2.05) is 84.9 Å². The number of nitrogens with zero attached hydrogens (tertiary/aromatic N) is 1. The summed E-state index contributed by atoms with van der Waals surface area (Å²) in [6, 6.07) is 29.3. The Labute approximate surface area is 325 Å². The molecule has 2 N–H and O–H groups in total. The highest BCUT2D eigenvalue weighted by Gasteiger charge is 2.58. The van der Waals surface area contributed by atoms with Gasteiger partial charge in [0.1, 0.15) is 11.5 Å². The van der Waals surface area contributed by atoms with Gasteiger partial charge in [0.2, 0.25) is 0 Å². The second kappa shape index (κ2) is 17.3. The first-order chi connectivity index (χ1) is 26.5. The molecule has 4 atom stereocenters. The number of aliphatic hydroxyl groups is 2. The number of amides is 1. The maximum absolute atomic E-state index is 14.6. The van der Waals surface area contributed by atoms with Crippen molar-refractivity contribution >= 4 is 11.9 Å². The molecular formula is C47H55NO7. The van der Waals surface area contributed by atoms with Gasteiger partial charge in [0.15, 0.2) is 5.78 Å². The molecule has 0 aromatic heterocycles. The van der Waals surface area contributed by atoms with Gasteiger partial charge in [-0.1, -0.05) is 85.3 Å². The van der Waals surface area contributed by atoms with Gasteiger partial charge in [-0.2, -0.15) is 0 Å². The van der Waals surface area contributed by atoms with Crippen molar-refractivity contribution in [1.29, 1.82) is 0 Å². The van der Waals surface area contributed by atoms with Crippen molar-refractivity contribution in [3.8, 4) is 22.6 Å². The van der Waals surface area contributed by atoms with E-state index in [1.54, 1.807) is 32.1 Å². The van der Waals surface area contributed by atoms with Crippen LogP contribution < -0.4 is 9.47 Å². The van der Waals surface area contributed by atoms with Crippen LogP contribution >= 0.6 is 0 Å². The van der Waals surface area contributed by atoms with E-state index in [4.69, 9.17) is 14.2 Å². The molecule has 0 unspecified atom stereocenters. The number of benzene rings is 4. The minimum Gasteiger partial charge on any atom is -0.497 e. The van der Waals surface area contributed by atoms with Crippen LogP contribution in [0.1, 0.15) is 97.8 Å². The van der Waals surface area contributed by atoms with Crippen LogP contribution in [0.3, 0.4) is 0 Å². The van der Waals surface area contributed by atoms with Crippen molar-refractivity contribution in [2.45, 2.75) is 89.9 Å². The second-order valence-electron chi connectivity index (χ2n) is 15.5. The maximum Gasteiger partial charge on any atom is 0.410 e. The lowest BCUT2D eigenvalue weighted by molar-refractivity contribution is -0.0821. The molecule has 290 valence electrons. The van der Waals surface area contributed by atoms with Crippen molar-refractivity contribution < 1.29 is 34.0 Å². The first-order valence-electron chi connectivity index (χ1n) is 19.5. The minimum atomic E-state index is -1.32. The van der Waals surface area contributed by atoms with E-state index in [2.05, 4.69) is 19.9 Å². The predicted molar refractivity (Wildman–Crippen MR) is 216 cm³/mol. The Kier molecular flexibility index (Phi) is 12.5. The Hall–Kier alpha value is -4.92. The standard InChI is InChI=1S/C47H55NO7/c1-6-55-45(51)48(30-37-20-22-39(53-4)29-43(37)54-5)31-47(52)26-24-42-40-23-15-33(27-38(49)21-14-32(2)11-10-25-46(42,47)3)28-41(40)44(50)36-18-16-35(17-19-36)34-12-8-7-9-13-34/h7-9,11-13,15-20,22-23,28-29,38,42,49,52H,6,10,14,21,24-27,30-31H2,1-5H3/t38-,42-,46-,47+/m0/s1. The van der Waals surface area contributed by atoms with Crippen LogP contribution in [-0.4, -0.2) is 66.1 Å². The molecule has 7 rings (SSSR count). The predicted octanol–water partition coefficient (Wildman–Crippen LogP) is 9.30. The summed E-state index contributed by atoms with van der Waals surface area (Å²) in [5.74, 6) is 0.913. The number of aliphatic hydroxyl groups excluding tert-OH is 1. The lowest BCUT2D eigenvalue weighted by atomic mass is 9.64. The summed E-state index contributed by atoms with van der Waals surface area (Å²) in [4.78, 5) is 29.9. The number of carbonyl (C=O) groups is 2. The number of allylic oxidation sites excluding steroid dienone is 2. The van der Waals surface area contributed by atoms with Crippen molar-refractivity contribution in [2.24, 2.45) is 5.41 Å². The largest absolute Gasteiger partial charge is 0.497 e. The zero-order valence-corrected chi connectivity index (χ0v) is 32.8. The third-order valence-corrected chi connectivity index (χ3v) is 12.0. The molecule has 0 aliphatic heterocycles. The van der Waals surface area contributed by atoms with E-state index < -0.39 is 23.2 Å². The summed E-state index contributed by atoms with van der Waals surface area (Å²) < 4.78 is 16.7. The van der Waals surface area contributed by atoms with Gasteiger partial charge < -0.3 is 29.3 Å². The number of ketones is 1. The Morgan fingerprint density at radius 1 is 0.891 bits per heavy atom. The molecule has 0 heterocycles. The van der Waals surface area contributed by atoms with Crippen molar-refractivity contribution in [3.63, 3.8) is 0 Å². The molecule has 3 aliphatic carbocycles. The van der Waals surface area contributed by atoms with Gasteiger partial charge in [-0.25, -0.2) is 4.79 Å². The fourth-order valence-corrected chi connectivity index (χ4v) is 8.70. The van der Waals surface area contributed by atoms with E-state index in [9.17, 15) is 19.8 Å². The lowest BCUT2D eigenvalue weighted by Gasteiger charge is -2.46. The molecule has 1 amide bonds. The summed E-state index contributed by atoms with van der Waals surface area (Å²) in [6.45, 7) is 6.37. The van der Waals surface area contributed by atoms with Gasteiger partial charge in [-0.15, -0.1) is 0 Å². The second-order valence-corrected chi connectivity index (χ2v) is 15.5. The molecule has 0 spiro atoms. The van der Waals surface area contributed by atoms with Crippen LogP contribution in [0, 0.1) is 5.41 Å². The molecule has 0 saturated heterocycles. The van der Waals surface area contributed by atoms with Gasteiger partial charge in [0.25, 0.3) is 0 Å². The Morgan fingerprint density at radius 2 is 1.64 bits per heavy atom. The van der Waals surface area contributed by atoms with Crippen LogP contribution in [0.4, 0.5) is 4.79 Å². The summed E-state index contributed by atoms with van der Waals surface area (Å²) >= 11 is 0. The molecule has 8 heteroatoms. The average molecular weight is 746 g/mol. The van der Waals surface area contributed by atoms with Gasteiger partial charge in [0, 0.05) is 28.2 Å². The first kappa shape index (κ1) is 39.8. The molecule has 1 fully saturated rings. The number of fused-ring (bicyclic) bond motifs is 8. The average Bonchev–Trinajstić information content (AvgIpc) is 3.45. The molecule has 0 radical (unpaired) electrons. The smallest absolute Gasteiger partial charge is 0.410 e. The quantitative estimate of drug-likeness (QED) is 0.123. The molecule has 1 saturated carbocycles. The molecule has 3 aliphatic rings. The summed E-state index contributed by atoms with van der Waals surface area (Å²) in [7, 11) is 3.17. The van der Waals surface area contributed by atoms with Crippen LogP contribution in [0.15, 0.2) is 103 Å². The maximum atomic E-state index is 14.6. The Morgan fingerprint density at radius 3 is 2.35 bits per heavy atom. The Bertz CT molecular complexity index is 1990. The van der Waals surface area contributed by atoms with Crippen molar-refractivity contribution in [1.82, 2.24) is 4.90 Å². The molecular weight excluding hydrogens is 691 g/mol. The molecule has 2 bridgehead atoms. The number of hydrogen-bond donors (Lipinski definition) is 2. The summed E-state index contributed by atoms with van der Waals surface area (Å²) in [6.07, 6.45) is 5.33. The number of ether oxygens (including phenoxy) is 3. The van der Waals surface area contributed by atoms with E-state index in [-0.39, 0.29) is 31.4 Å². The molecule has 4 aromatic rings. The highest BCUT2D eigenvalue weighted by atomic mass is 16.6. The third kappa shape index (κ3) is 8.66. The van der Waals surface area contributed by atoms with Crippen LogP contribution in [0.2, 0.25) is 0 Å². The monoisotopic (exact) mass is 745 g/mol. The topological polar surface area (TPSA) is 106 Å². The summed E-state index contributed by atoms with van der Waals surface area (Å²) in [5, 5.41) is 24.1. The van der Waals surface area contributed by atoms with E-state index in [0.29, 0.717) is 61.2 Å². The van der Waals surface area contributed by atoms with Gasteiger partial charge in [0.05, 0.1) is 45.6 Å². The fraction of sp³-hybridized carbons (Fsp3) is 0.404. The number of rotatable bonds is 10. The fourth-order valence-electron chi connectivity index (χ4n) is 8.70. The number of methoxy groups -OCH3 is 2. The Balaban J connectivity index is 1.41. The SMILES string of the molecule is CCOC(=O)N(Cc1ccc(OC)cc1OC)C[C@]1(O)CC[C@H]2c3ccc(cc3C(=O)c3ccc(-c4ccccc4)cc3)C[C@@H](O)CCC(C)=CCC[C@@]21C. The van der Waals surface area contributed by atoms with Crippen LogP contribution in [0.25, 0.3) is 11.1 Å². The molecule has 55 heavy (non-hydrogen) atoms. The minimum absolute atomic E-state index is 0.0330. The molecule has 8 nitrogen and oxygen atoms in total. The highest BCUT2D eigenvalue weighted by molar-refractivity contribution is 6.10. The zero-order valence-electron chi connectivity index (χ0n) is 32.8. The van der Waals surface area contributed by atoms with Crippen molar-refractivity contribution in [2.75, 3.05) is 27.4 Å². The summed E-state index contributed by atoms with van der Waals surface area (Å²) in [5.41, 5.74) is 4.94. The number of carbonyl (C=O) groups excluding carboxylic acids is 2. The molecule has 4 aromatic carbocycles. The normalized spacial score (nSPS) is 22.6. The number of hydrogen-bond acceptors (Lipinski definition) is 7. The van der Waals surface area contributed by atoms with E-state index in [0.717, 1.165) is 34.2 Å². The first-order valence-corrected chi connectivity index (χ1v) is 19.5. The van der Waals surface area contributed by atoms with Crippen LogP contribution in [-0.2, 0) is 17.7 Å². The van der Waals surface area contributed by atoms with Gasteiger partial charge in [-0.05, 0) is 105 Å². The van der Waals surface area contributed by atoms with Gasteiger partial charge >= 0.3 is 6.09 Å². The highest BCUT2D eigenvalue weighted by Crippen LogP contribution is 2.59. The van der Waals surface area contributed by atoms with Crippen molar-refractivity contribution in [3.05, 3.63) is 130 Å². The van der Waals surface area contributed by atoms with Gasteiger partial charge in [-0.3, -0.25) is 4.79 Å². The van der Waals surface area contributed by atoms with E-state index >= 15 is 0 Å².